The molecule has 1 aliphatic heterocycles. The summed E-state index contributed by atoms with van der Waals surface area (Å²) in [6.07, 6.45) is 0. The second kappa shape index (κ2) is 10.00. The predicted octanol–water partition coefficient (Wildman–Crippen LogP) is 5.27. The topological polar surface area (TPSA) is 65.8 Å². The first kappa shape index (κ1) is 23.4. The number of hydrogen-bond acceptors (Lipinski definition) is 4. The van der Waals surface area contributed by atoms with Gasteiger partial charge >= 0.3 is 0 Å². The third-order valence-corrected chi connectivity index (χ3v) is 6.35. The molecule has 0 aliphatic carbocycles. The van der Waals surface area contributed by atoms with Crippen LogP contribution in [0.15, 0.2) is 52.9 Å². The number of piperazine rings is 1. The van der Waals surface area contributed by atoms with Gasteiger partial charge in [0.2, 0.25) is 5.91 Å². The number of carbonyl (C=O) groups is 2. The summed E-state index contributed by atoms with van der Waals surface area (Å²) >= 11 is 12.3. The maximum Gasteiger partial charge on any atom is 0.289 e. The van der Waals surface area contributed by atoms with Crippen molar-refractivity contribution in [3.05, 3.63) is 75.5 Å². The molecule has 8 heteroatoms. The fraction of sp³-hybridized carbons (Fsp3) is 0.280. The molecule has 2 heterocycles. The first-order chi connectivity index (χ1) is 15.8. The van der Waals surface area contributed by atoms with E-state index in [1.807, 2.05) is 36.9 Å². The Balaban J connectivity index is 1.33. The minimum atomic E-state index is -0.181. The van der Waals surface area contributed by atoms with Gasteiger partial charge in [-0.3, -0.25) is 14.5 Å². The summed E-state index contributed by atoms with van der Waals surface area (Å²) < 4.78 is 5.79. The van der Waals surface area contributed by atoms with Crippen molar-refractivity contribution in [2.75, 3.05) is 38.0 Å². The number of para-hydroxylation sites is 1. The number of amides is 2. The van der Waals surface area contributed by atoms with Gasteiger partial charge in [0.25, 0.3) is 5.91 Å². The highest BCUT2D eigenvalue weighted by Crippen LogP contribution is 2.32. The molecule has 2 aromatic carbocycles. The number of halogens is 2. The maximum absolute atomic E-state index is 12.9. The highest BCUT2D eigenvalue weighted by Gasteiger charge is 2.26. The van der Waals surface area contributed by atoms with Crippen molar-refractivity contribution in [1.29, 1.82) is 0 Å². The van der Waals surface area contributed by atoms with Crippen LogP contribution in [0.1, 0.15) is 21.7 Å². The van der Waals surface area contributed by atoms with Crippen LogP contribution in [0.3, 0.4) is 0 Å². The van der Waals surface area contributed by atoms with Crippen LogP contribution in [-0.2, 0) is 4.79 Å². The fourth-order valence-electron chi connectivity index (χ4n) is 3.94. The average Bonchev–Trinajstić information content (AvgIpc) is 3.28. The second-order valence-corrected chi connectivity index (χ2v) is 9.02. The van der Waals surface area contributed by atoms with E-state index in [1.165, 1.54) is 0 Å². The van der Waals surface area contributed by atoms with Crippen LogP contribution in [0, 0.1) is 13.8 Å². The van der Waals surface area contributed by atoms with Crippen molar-refractivity contribution >= 4 is 40.7 Å². The zero-order chi connectivity index (χ0) is 23.5. The molecule has 0 radical (unpaired) electrons. The maximum atomic E-state index is 12.9. The Kier molecular flexibility index (Phi) is 7.08. The minimum absolute atomic E-state index is 0.0544. The van der Waals surface area contributed by atoms with Crippen molar-refractivity contribution < 1.29 is 14.0 Å². The lowest BCUT2D eigenvalue weighted by Crippen LogP contribution is -2.50. The summed E-state index contributed by atoms with van der Waals surface area (Å²) in [5.74, 6) is 0.509. The Labute approximate surface area is 203 Å². The molecular weight excluding hydrogens is 461 g/mol. The van der Waals surface area contributed by atoms with E-state index in [9.17, 15) is 9.59 Å². The molecule has 0 spiro atoms. The Hall–Kier alpha value is -2.80. The standard InChI is InChI=1S/C25H25Cl2N3O3/c1-16-4-3-5-17(2)24(16)28-23(31)15-29-10-12-30(13-11-29)25(32)22-9-8-21(33-22)19-14-18(26)6-7-20(19)27/h3-9,14H,10-13,15H2,1-2H3,(H,28,31). The average molecular weight is 486 g/mol. The van der Waals surface area contributed by atoms with Gasteiger partial charge in [0.1, 0.15) is 5.76 Å². The highest BCUT2D eigenvalue weighted by atomic mass is 35.5. The summed E-state index contributed by atoms with van der Waals surface area (Å²) in [4.78, 5) is 29.2. The van der Waals surface area contributed by atoms with Crippen LogP contribution in [0.4, 0.5) is 5.69 Å². The molecule has 6 nitrogen and oxygen atoms in total. The van der Waals surface area contributed by atoms with Crippen LogP contribution in [0.2, 0.25) is 10.0 Å². The highest BCUT2D eigenvalue weighted by molar-refractivity contribution is 6.35. The third-order valence-electron chi connectivity index (χ3n) is 5.78. The number of nitrogens with zero attached hydrogens (tertiary/aromatic N) is 2. The van der Waals surface area contributed by atoms with Crippen molar-refractivity contribution in [3.8, 4) is 11.3 Å². The lowest BCUT2D eigenvalue weighted by atomic mass is 10.1. The number of carbonyl (C=O) groups excluding carboxylic acids is 2. The van der Waals surface area contributed by atoms with E-state index in [1.54, 1.807) is 35.2 Å². The normalized spacial score (nSPS) is 14.4. The Morgan fingerprint density at radius 2 is 1.67 bits per heavy atom. The van der Waals surface area contributed by atoms with E-state index in [-0.39, 0.29) is 24.1 Å². The fourth-order valence-corrected chi connectivity index (χ4v) is 4.33. The van der Waals surface area contributed by atoms with Gasteiger partial charge in [0.15, 0.2) is 5.76 Å². The van der Waals surface area contributed by atoms with Gasteiger partial charge in [0, 0.05) is 42.5 Å². The van der Waals surface area contributed by atoms with Crippen molar-refractivity contribution in [1.82, 2.24) is 9.80 Å². The number of nitrogens with one attached hydrogen (secondary N) is 1. The van der Waals surface area contributed by atoms with Crippen LogP contribution < -0.4 is 5.32 Å². The van der Waals surface area contributed by atoms with Crippen molar-refractivity contribution in [3.63, 3.8) is 0 Å². The van der Waals surface area contributed by atoms with Crippen LogP contribution in [0.25, 0.3) is 11.3 Å². The molecule has 1 N–H and O–H groups in total. The third kappa shape index (κ3) is 5.41. The zero-order valence-corrected chi connectivity index (χ0v) is 20.0. The SMILES string of the molecule is Cc1cccc(C)c1NC(=O)CN1CCN(C(=O)c2ccc(-c3cc(Cl)ccc3Cl)o2)CC1. The molecule has 4 rings (SSSR count). The molecule has 2 amide bonds. The van der Waals surface area contributed by atoms with E-state index in [2.05, 4.69) is 5.32 Å². The molecule has 3 aromatic rings. The van der Waals surface area contributed by atoms with Crippen LogP contribution >= 0.6 is 23.2 Å². The monoisotopic (exact) mass is 485 g/mol. The largest absolute Gasteiger partial charge is 0.451 e. The molecule has 0 atom stereocenters. The van der Waals surface area contributed by atoms with E-state index in [0.29, 0.717) is 47.5 Å². The first-order valence-electron chi connectivity index (χ1n) is 10.7. The summed E-state index contributed by atoms with van der Waals surface area (Å²) in [6, 6.07) is 14.4. The number of anilines is 1. The van der Waals surface area contributed by atoms with Crippen molar-refractivity contribution in [2.24, 2.45) is 0 Å². The number of furan rings is 1. The number of aryl methyl sites for hydroxylation is 2. The van der Waals surface area contributed by atoms with Gasteiger partial charge in [-0.2, -0.15) is 0 Å². The molecule has 33 heavy (non-hydrogen) atoms. The molecule has 0 bridgehead atoms. The number of rotatable bonds is 5. The molecule has 0 saturated carbocycles. The smallest absolute Gasteiger partial charge is 0.289 e. The van der Waals surface area contributed by atoms with Gasteiger partial charge in [0.05, 0.1) is 11.6 Å². The summed E-state index contributed by atoms with van der Waals surface area (Å²) in [7, 11) is 0. The van der Waals surface area contributed by atoms with Gasteiger partial charge in [-0.05, 0) is 55.3 Å². The summed E-state index contributed by atoms with van der Waals surface area (Å²) in [5, 5.41) is 4.05. The Bertz CT molecular complexity index is 1160. The van der Waals surface area contributed by atoms with Gasteiger partial charge in [-0.1, -0.05) is 41.4 Å². The zero-order valence-electron chi connectivity index (χ0n) is 18.5. The van der Waals surface area contributed by atoms with E-state index in [0.717, 1.165) is 16.8 Å². The van der Waals surface area contributed by atoms with E-state index < -0.39 is 0 Å². The molecule has 172 valence electrons. The molecule has 1 aliphatic rings. The molecule has 1 saturated heterocycles. The summed E-state index contributed by atoms with van der Waals surface area (Å²) in [6.45, 7) is 6.50. The molecule has 1 aromatic heterocycles. The Morgan fingerprint density at radius 1 is 0.970 bits per heavy atom. The lowest BCUT2D eigenvalue weighted by Gasteiger charge is -2.33. The van der Waals surface area contributed by atoms with Gasteiger partial charge < -0.3 is 14.6 Å². The lowest BCUT2D eigenvalue weighted by molar-refractivity contribution is -0.117. The predicted molar refractivity (Wildman–Crippen MR) is 131 cm³/mol. The van der Waals surface area contributed by atoms with Gasteiger partial charge in [-0.15, -0.1) is 0 Å². The first-order valence-corrected chi connectivity index (χ1v) is 11.5. The summed E-state index contributed by atoms with van der Waals surface area (Å²) in [5.41, 5.74) is 3.58. The van der Waals surface area contributed by atoms with Crippen molar-refractivity contribution in [2.45, 2.75) is 13.8 Å². The Morgan fingerprint density at radius 3 is 2.36 bits per heavy atom. The van der Waals surface area contributed by atoms with Gasteiger partial charge in [-0.25, -0.2) is 0 Å². The van der Waals surface area contributed by atoms with E-state index in [4.69, 9.17) is 27.6 Å². The van der Waals surface area contributed by atoms with E-state index >= 15 is 0 Å². The molecule has 1 fully saturated rings. The second-order valence-electron chi connectivity index (χ2n) is 8.17. The molecular formula is C25H25Cl2N3O3. The number of hydrogen-bond donors (Lipinski definition) is 1. The van der Waals surface area contributed by atoms with Crippen LogP contribution in [-0.4, -0.2) is 54.3 Å². The molecule has 0 unspecified atom stereocenters. The quantitative estimate of drug-likeness (QED) is 0.534. The van der Waals surface area contributed by atoms with Crippen LogP contribution in [0.5, 0.6) is 0 Å². The number of benzene rings is 2. The minimum Gasteiger partial charge on any atom is -0.451 e.